The fourth-order valence-corrected chi connectivity index (χ4v) is 6.52. The molecule has 0 bridgehead atoms. The molecule has 1 atom stereocenters. The molecule has 1 unspecified atom stereocenters. The predicted molar refractivity (Wildman–Crippen MR) is 186 cm³/mol. The van der Waals surface area contributed by atoms with Gasteiger partial charge in [0.1, 0.15) is 22.8 Å². The van der Waals surface area contributed by atoms with Crippen LogP contribution >= 0.6 is 0 Å². The maximum Gasteiger partial charge on any atom is 0.170 e. The van der Waals surface area contributed by atoms with Crippen molar-refractivity contribution in [2.45, 2.75) is 6.17 Å². The minimum Gasteiger partial charge on any atom is -0.456 e. The molecular weight excluding hydrogens is 550 g/mol. The number of nitrogens with one attached hydrogen (secondary N) is 1. The molecule has 1 aromatic heterocycles. The van der Waals surface area contributed by atoms with Crippen molar-refractivity contribution in [1.29, 1.82) is 0 Å². The highest BCUT2D eigenvalue weighted by atomic mass is 16.3. The van der Waals surface area contributed by atoms with Gasteiger partial charge in [-0.05, 0) is 56.9 Å². The Labute approximate surface area is 260 Å². The second kappa shape index (κ2) is 10.3. The van der Waals surface area contributed by atoms with E-state index in [0.29, 0.717) is 0 Å². The van der Waals surface area contributed by atoms with Crippen LogP contribution in [0.2, 0.25) is 0 Å². The Morgan fingerprint density at radius 2 is 1.18 bits per heavy atom. The molecule has 1 aliphatic heterocycles. The molecule has 8 aromatic rings. The van der Waals surface area contributed by atoms with E-state index >= 15 is 0 Å². The Hall–Kier alpha value is -6.00. The lowest BCUT2D eigenvalue weighted by atomic mass is 9.98. The molecule has 45 heavy (non-hydrogen) atoms. The minimum atomic E-state index is -0.468. The van der Waals surface area contributed by atoms with Crippen LogP contribution in [0.15, 0.2) is 166 Å². The second-order valence-corrected chi connectivity index (χ2v) is 11.4. The van der Waals surface area contributed by atoms with E-state index in [2.05, 4.69) is 127 Å². The summed E-state index contributed by atoms with van der Waals surface area (Å²) < 4.78 is 6.41. The number of rotatable bonds is 4. The molecule has 0 saturated heterocycles. The number of hydrogen-bond acceptors (Lipinski definition) is 4. The molecule has 0 radical (unpaired) electrons. The first-order chi connectivity index (χ1) is 22.3. The van der Waals surface area contributed by atoms with Crippen LogP contribution in [0.1, 0.15) is 22.9 Å². The van der Waals surface area contributed by atoms with Crippen molar-refractivity contribution in [3.63, 3.8) is 0 Å². The molecule has 0 spiro atoms. The van der Waals surface area contributed by atoms with Gasteiger partial charge in [0.2, 0.25) is 0 Å². The number of aliphatic imine (C=N–C) groups is 2. The topological polar surface area (TPSA) is 49.9 Å². The van der Waals surface area contributed by atoms with E-state index in [9.17, 15) is 0 Å². The summed E-state index contributed by atoms with van der Waals surface area (Å²) in [5.74, 6) is 1.59. The molecule has 212 valence electrons. The van der Waals surface area contributed by atoms with Gasteiger partial charge in [-0.1, -0.05) is 127 Å². The third-order valence-corrected chi connectivity index (χ3v) is 8.72. The summed E-state index contributed by atoms with van der Waals surface area (Å²) in [5, 5.41) is 10.4. The molecule has 2 heterocycles. The van der Waals surface area contributed by atoms with E-state index in [1.54, 1.807) is 0 Å². The Bertz CT molecular complexity index is 2470. The van der Waals surface area contributed by atoms with Gasteiger partial charge in [0, 0.05) is 27.5 Å². The number of fused-ring (bicyclic) bond motifs is 5. The third-order valence-electron chi connectivity index (χ3n) is 8.72. The molecule has 4 heteroatoms. The van der Waals surface area contributed by atoms with Gasteiger partial charge < -0.3 is 9.73 Å². The number of nitrogens with zero attached hydrogens (tertiary/aromatic N) is 2. The molecule has 4 nitrogen and oxygen atoms in total. The zero-order chi connectivity index (χ0) is 29.7. The molecule has 0 amide bonds. The van der Waals surface area contributed by atoms with Gasteiger partial charge in [-0.25, -0.2) is 9.98 Å². The maximum absolute atomic E-state index is 6.41. The molecule has 1 aliphatic rings. The highest BCUT2D eigenvalue weighted by Gasteiger charge is 2.25. The fourth-order valence-electron chi connectivity index (χ4n) is 6.52. The zero-order valence-electron chi connectivity index (χ0n) is 24.3. The summed E-state index contributed by atoms with van der Waals surface area (Å²) in [6, 6.07) is 52.8. The first kappa shape index (κ1) is 25.5. The van der Waals surface area contributed by atoms with Crippen molar-refractivity contribution < 1.29 is 4.42 Å². The monoisotopic (exact) mass is 577 g/mol. The van der Waals surface area contributed by atoms with Gasteiger partial charge in [0.25, 0.3) is 0 Å². The van der Waals surface area contributed by atoms with Gasteiger partial charge in [0.05, 0.1) is 0 Å². The summed E-state index contributed by atoms with van der Waals surface area (Å²) in [4.78, 5) is 10.5. The van der Waals surface area contributed by atoms with Crippen LogP contribution in [0, 0.1) is 0 Å². The summed E-state index contributed by atoms with van der Waals surface area (Å²) in [6.07, 6.45) is -0.468. The van der Waals surface area contributed by atoms with Crippen LogP contribution in [0.25, 0.3) is 54.6 Å². The van der Waals surface area contributed by atoms with Crippen LogP contribution in [0.5, 0.6) is 0 Å². The van der Waals surface area contributed by atoms with E-state index in [4.69, 9.17) is 14.4 Å². The lowest BCUT2D eigenvalue weighted by Gasteiger charge is -2.23. The van der Waals surface area contributed by atoms with Crippen LogP contribution in [-0.2, 0) is 0 Å². The minimum absolute atomic E-state index is 0.468. The van der Waals surface area contributed by atoms with Crippen molar-refractivity contribution in [3.05, 3.63) is 168 Å². The SMILES string of the molecule is c1ccc(C2=NC(c3cccc4oc5ccc(-c6ccc7ccccc7c6)cc5c34)N=C(c3cccc4ccccc34)N2)cc1. The Kier molecular flexibility index (Phi) is 5.85. The Morgan fingerprint density at radius 1 is 0.467 bits per heavy atom. The molecule has 7 aromatic carbocycles. The quantitative estimate of drug-likeness (QED) is 0.226. The van der Waals surface area contributed by atoms with Crippen molar-refractivity contribution in [3.8, 4) is 11.1 Å². The Morgan fingerprint density at radius 3 is 2.09 bits per heavy atom. The van der Waals surface area contributed by atoms with E-state index in [1.807, 2.05) is 30.3 Å². The normalized spacial score (nSPS) is 14.9. The first-order valence-corrected chi connectivity index (χ1v) is 15.2. The summed E-state index contributed by atoms with van der Waals surface area (Å²) >= 11 is 0. The third kappa shape index (κ3) is 4.38. The van der Waals surface area contributed by atoms with Crippen molar-refractivity contribution in [1.82, 2.24) is 5.32 Å². The molecule has 9 rings (SSSR count). The number of hydrogen-bond donors (Lipinski definition) is 1. The maximum atomic E-state index is 6.41. The molecular formula is C41H27N3O. The van der Waals surface area contributed by atoms with Gasteiger partial charge in [-0.2, -0.15) is 0 Å². The first-order valence-electron chi connectivity index (χ1n) is 15.2. The highest BCUT2D eigenvalue weighted by molar-refractivity contribution is 6.20. The zero-order valence-corrected chi connectivity index (χ0v) is 24.3. The van der Waals surface area contributed by atoms with Crippen LogP contribution in [0.3, 0.4) is 0 Å². The molecule has 0 saturated carbocycles. The smallest absolute Gasteiger partial charge is 0.170 e. The summed E-state index contributed by atoms with van der Waals surface area (Å²) in [7, 11) is 0. The fraction of sp³-hybridized carbons (Fsp3) is 0.0244. The van der Waals surface area contributed by atoms with Gasteiger partial charge in [-0.15, -0.1) is 0 Å². The molecule has 0 fully saturated rings. The standard InChI is InChI=1S/C41H27N3O/c1-2-12-28(13-3-1)39-42-40(33-17-8-15-27-11-6-7-16-32(27)33)44-41(43-39)34-18-9-19-37-38(34)35-25-31(22-23-36(35)45-37)30-21-20-26-10-4-5-14-29(26)24-30/h1-25,41H,(H,42,43,44). The number of benzene rings is 7. The van der Waals surface area contributed by atoms with Crippen LogP contribution in [-0.4, -0.2) is 11.7 Å². The largest absolute Gasteiger partial charge is 0.456 e. The molecule has 0 aliphatic carbocycles. The van der Waals surface area contributed by atoms with E-state index in [1.165, 1.54) is 21.7 Å². The van der Waals surface area contributed by atoms with Gasteiger partial charge in [0.15, 0.2) is 6.17 Å². The lowest BCUT2D eigenvalue weighted by molar-refractivity contribution is 0.667. The van der Waals surface area contributed by atoms with Crippen molar-refractivity contribution in [2.24, 2.45) is 9.98 Å². The lowest BCUT2D eigenvalue weighted by Crippen LogP contribution is -2.36. The summed E-state index contributed by atoms with van der Waals surface area (Å²) in [6.45, 7) is 0. The van der Waals surface area contributed by atoms with Crippen molar-refractivity contribution >= 4 is 55.2 Å². The average molecular weight is 578 g/mol. The average Bonchev–Trinajstić information content (AvgIpc) is 3.49. The number of amidine groups is 2. The van der Waals surface area contributed by atoms with Crippen LogP contribution in [0.4, 0.5) is 0 Å². The van der Waals surface area contributed by atoms with Gasteiger partial charge in [-0.3, -0.25) is 0 Å². The van der Waals surface area contributed by atoms with Crippen molar-refractivity contribution in [2.75, 3.05) is 0 Å². The van der Waals surface area contributed by atoms with E-state index < -0.39 is 6.17 Å². The van der Waals surface area contributed by atoms with E-state index in [0.717, 1.165) is 61.2 Å². The number of furan rings is 1. The van der Waals surface area contributed by atoms with E-state index in [-0.39, 0.29) is 0 Å². The second-order valence-electron chi connectivity index (χ2n) is 11.4. The Balaban J connectivity index is 1.24. The predicted octanol–water partition coefficient (Wildman–Crippen LogP) is 10.1. The van der Waals surface area contributed by atoms with Gasteiger partial charge >= 0.3 is 0 Å². The van der Waals surface area contributed by atoms with Crippen LogP contribution < -0.4 is 5.32 Å². The summed E-state index contributed by atoms with van der Waals surface area (Å²) in [5.41, 5.74) is 7.06. The molecule has 1 N–H and O–H groups in total. The highest BCUT2D eigenvalue weighted by Crippen LogP contribution is 2.39.